The van der Waals surface area contributed by atoms with Gasteiger partial charge < -0.3 is 19.4 Å². The second-order valence-electron chi connectivity index (χ2n) is 7.50. The topological polar surface area (TPSA) is 92.4 Å². The molecule has 8 heteroatoms. The Bertz CT molecular complexity index is 1070. The monoisotopic (exact) mass is 379 g/mol. The number of pyridine rings is 1. The summed E-state index contributed by atoms with van der Waals surface area (Å²) >= 11 is 0. The summed E-state index contributed by atoms with van der Waals surface area (Å²) in [6, 6.07) is 7.81. The van der Waals surface area contributed by atoms with Gasteiger partial charge >= 0.3 is 6.09 Å². The summed E-state index contributed by atoms with van der Waals surface area (Å²) < 4.78 is 10.9. The van der Waals surface area contributed by atoms with Gasteiger partial charge in [0.1, 0.15) is 17.2 Å². The molecular formula is C20H21N5O3. The van der Waals surface area contributed by atoms with Crippen LogP contribution in [0.25, 0.3) is 22.4 Å². The molecule has 2 N–H and O–H groups in total. The second kappa shape index (κ2) is 6.20. The Morgan fingerprint density at radius 2 is 2.04 bits per heavy atom. The number of fused-ring (bicyclic) bond motifs is 2. The van der Waals surface area contributed by atoms with Crippen molar-refractivity contribution >= 4 is 28.6 Å². The first-order valence-corrected chi connectivity index (χ1v) is 9.33. The van der Waals surface area contributed by atoms with Gasteiger partial charge in [-0.15, -0.1) is 0 Å². The van der Waals surface area contributed by atoms with Gasteiger partial charge in [0.15, 0.2) is 0 Å². The number of anilines is 2. The van der Waals surface area contributed by atoms with Gasteiger partial charge in [-0.25, -0.2) is 14.8 Å². The molecule has 4 heterocycles. The molecule has 0 radical (unpaired) electrons. The summed E-state index contributed by atoms with van der Waals surface area (Å²) in [6.07, 6.45) is 1.35. The Labute approximate surface area is 161 Å². The van der Waals surface area contributed by atoms with E-state index in [1.54, 1.807) is 6.20 Å². The van der Waals surface area contributed by atoms with E-state index in [1.807, 2.05) is 38.1 Å². The highest BCUT2D eigenvalue weighted by Gasteiger charge is 2.34. The molecular weight excluding hydrogens is 358 g/mol. The molecule has 5 rings (SSSR count). The minimum atomic E-state index is -0.704. The van der Waals surface area contributed by atoms with Crippen molar-refractivity contribution in [2.75, 3.05) is 36.5 Å². The van der Waals surface area contributed by atoms with Crippen molar-refractivity contribution in [2.24, 2.45) is 0 Å². The first kappa shape index (κ1) is 17.0. The quantitative estimate of drug-likeness (QED) is 0.710. The first-order valence-electron chi connectivity index (χ1n) is 9.33. The van der Waals surface area contributed by atoms with E-state index in [2.05, 4.69) is 20.2 Å². The number of hydrogen-bond acceptors (Lipinski definition) is 6. The van der Waals surface area contributed by atoms with Gasteiger partial charge in [-0.2, -0.15) is 0 Å². The predicted molar refractivity (Wildman–Crippen MR) is 105 cm³/mol. The molecule has 0 unspecified atom stereocenters. The molecule has 1 aromatic carbocycles. The molecule has 0 spiro atoms. The maximum atomic E-state index is 11.8. The number of cyclic esters (lactones) is 1. The lowest BCUT2D eigenvalue weighted by molar-refractivity contribution is 0.0421. The van der Waals surface area contributed by atoms with Gasteiger partial charge in [0.2, 0.25) is 0 Å². The van der Waals surface area contributed by atoms with E-state index in [9.17, 15) is 4.79 Å². The number of imidazole rings is 1. The van der Waals surface area contributed by atoms with Crippen LogP contribution >= 0.6 is 0 Å². The molecule has 3 aromatic rings. The molecule has 28 heavy (non-hydrogen) atoms. The number of ether oxygens (including phenoxy) is 2. The van der Waals surface area contributed by atoms with Crippen molar-refractivity contribution in [2.45, 2.75) is 19.4 Å². The number of hydrogen-bond donors (Lipinski definition) is 2. The van der Waals surface area contributed by atoms with E-state index < -0.39 is 11.7 Å². The number of amides is 1. The molecule has 0 saturated carbocycles. The number of benzene rings is 1. The number of nitrogens with zero attached hydrogens (tertiary/aromatic N) is 3. The normalized spacial score (nSPS) is 18.5. The lowest BCUT2D eigenvalue weighted by atomic mass is 9.94. The maximum Gasteiger partial charge on any atom is 0.412 e. The highest BCUT2D eigenvalue weighted by atomic mass is 16.6. The lowest BCUT2D eigenvalue weighted by Crippen LogP contribution is -2.37. The number of nitrogens with one attached hydrogen (secondary N) is 2. The van der Waals surface area contributed by atoms with Crippen LogP contribution in [-0.4, -0.2) is 47.3 Å². The summed E-state index contributed by atoms with van der Waals surface area (Å²) in [6.45, 7) is 6.75. The number of rotatable bonds is 2. The molecule has 0 aliphatic carbocycles. The smallest absolute Gasteiger partial charge is 0.412 e. The van der Waals surface area contributed by atoms with Crippen LogP contribution in [0.4, 0.5) is 16.3 Å². The molecule has 0 bridgehead atoms. The zero-order valence-corrected chi connectivity index (χ0v) is 15.8. The Hall–Kier alpha value is -3.13. The summed E-state index contributed by atoms with van der Waals surface area (Å²) in [5.74, 6) is 1.64. The first-order chi connectivity index (χ1) is 13.5. The van der Waals surface area contributed by atoms with E-state index in [-0.39, 0.29) is 0 Å². The molecule has 2 aromatic heterocycles. The van der Waals surface area contributed by atoms with Crippen LogP contribution in [0, 0.1) is 0 Å². The fourth-order valence-electron chi connectivity index (χ4n) is 3.82. The fraction of sp³-hybridized carbons (Fsp3) is 0.350. The van der Waals surface area contributed by atoms with Gasteiger partial charge in [-0.3, -0.25) is 5.32 Å². The second-order valence-corrected chi connectivity index (χ2v) is 7.50. The molecule has 2 aliphatic heterocycles. The van der Waals surface area contributed by atoms with Crippen LogP contribution in [-0.2, 0) is 15.1 Å². The van der Waals surface area contributed by atoms with Crippen molar-refractivity contribution in [3.8, 4) is 11.4 Å². The third kappa shape index (κ3) is 2.77. The van der Waals surface area contributed by atoms with Crippen LogP contribution in [0.2, 0.25) is 0 Å². The Balaban J connectivity index is 1.61. The largest absolute Gasteiger partial charge is 0.438 e. The third-order valence-electron chi connectivity index (χ3n) is 5.21. The summed E-state index contributed by atoms with van der Waals surface area (Å²) in [5.41, 5.74) is 3.55. The van der Waals surface area contributed by atoms with Crippen LogP contribution in [0.1, 0.15) is 19.4 Å². The number of morpholine rings is 1. The minimum absolute atomic E-state index is 0.450. The van der Waals surface area contributed by atoms with Gasteiger partial charge in [0.05, 0.1) is 35.5 Å². The van der Waals surface area contributed by atoms with E-state index >= 15 is 0 Å². The molecule has 1 amide bonds. The standard InChI is InChI=1S/C20H21N5O3/c1-20(2)13-10-15-16(11-14(13)24-19(26)28-20)23-17(22-15)12-4-3-5-21-18(12)25-6-8-27-9-7-25/h3-5,10-11H,6-9H2,1-2H3,(H,22,23)(H,24,26). The molecule has 1 saturated heterocycles. The third-order valence-corrected chi connectivity index (χ3v) is 5.21. The molecule has 2 aliphatic rings. The van der Waals surface area contributed by atoms with Crippen molar-refractivity contribution in [1.29, 1.82) is 0 Å². The Morgan fingerprint density at radius 3 is 2.86 bits per heavy atom. The number of aromatic nitrogens is 3. The van der Waals surface area contributed by atoms with Gasteiger partial charge in [0, 0.05) is 24.8 Å². The van der Waals surface area contributed by atoms with Gasteiger partial charge in [0.25, 0.3) is 0 Å². The zero-order chi connectivity index (χ0) is 19.3. The van der Waals surface area contributed by atoms with Crippen LogP contribution in [0.15, 0.2) is 30.5 Å². The molecule has 1 fully saturated rings. The molecule has 8 nitrogen and oxygen atoms in total. The summed E-state index contributed by atoms with van der Waals surface area (Å²) in [4.78, 5) is 26.8. The number of carbonyl (C=O) groups is 1. The van der Waals surface area contributed by atoms with Crippen molar-refractivity contribution in [1.82, 2.24) is 15.0 Å². The van der Waals surface area contributed by atoms with Crippen LogP contribution in [0.3, 0.4) is 0 Å². The average Bonchev–Trinajstić information content (AvgIpc) is 3.10. The Kier molecular flexibility index (Phi) is 3.77. The van der Waals surface area contributed by atoms with E-state index in [4.69, 9.17) is 14.5 Å². The predicted octanol–water partition coefficient (Wildman–Crippen LogP) is 3.26. The summed E-state index contributed by atoms with van der Waals surface area (Å²) in [7, 11) is 0. The van der Waals surface area contributed by atoms with E-state index in [0.29, 0.717) is 13.2 Å². The fourth-order valence-corrected chi connectivity index (χ4v) is 3.82. The van der Waals surface area contributed by atoms with Crippen LogP contribution in [0.5, 0.6) is 0 Å². The zero-order valence-electron chi connectivity index (χ0n) is 15.8. The van der Waals surface area contributed by atoms with Crippen molar-refractivity contribution < 1.29 is 14.3 Å². The van der Waals surface area contributed by atoms with E-state index in [0.717, 1.165) is 52.6 Å². The maximum absolute atomic E-state index is 11.8. The lowest BCUT2D eigenvalue weighted by Gasteiger charge is -2.32. The SMILES string of the molecule is CC1(C)OC(=O)Nc2cc3nc(-c4cccnc4N4CCOCC4)[nH]c3cc21. The molecule has 144 valence electrons. The van der Waals surface area contributed by atoms with Crippen molar-refractivity contribution in [3.05, 3.63) is 36.0 Å². The number of H-pyrrole nitrogens is 1. The molecule has 0 atom stereocenters. The van der Waals surface area contributed by atoms with Gasteiger partial charge in [-0.05, 0) is 38.1 Å². The average molecular weight is 379 g/mol. The van der Waals surface area contributed by atoms with Crippen molar-refractivity contribution in [3.63, 3.8) is 0 Å². The van der Waals surface area contributed by atoms with E-state index in [1.165, 1.54) is 0 Å². The number of aromatic amines is 1. The highest BCUT2D eigenvalue weighted by molar-refractivity contribution is 5.94. The Morgan fingerprint density at radius 1 is 1.21 bits per heavy atom. The highest BCUT2D eigenvalue weighted by Crippen LogP contribution is 2.38. The minimum Gasteiger partial charge on any atom is -0.438 e. The number of carbonyl (C=O) groups excluding carboxylic acids is 1. The van der Waals surface area contributed by atoms with Crippen LogP contribution < -0.4 is 10.2 Å². The summed E-state index contributed by atoms with van der Waals surface area (Å²) in [5, 5.41) is 2.77. The van der Waals surface area contributed by atoms with Gasteiger partial charge in [-0.1, -0.05) is 0 Å².